The Hall–Kier alpha value is -2.63. The molecule has 0 bridgehead atoms. The molecule has 0 radical (unpaired) electrons. The topological polar surface area (TPSA) is 78.9 Å². The molecule has 0 amide bonds. The Morgan fingerprint density at radius 3 is 0.849 bits per heavy atom. The molecular formula is C67H122O6. The van der Waals surface area contributed by atoms with Crippen molar-refractivity contribution in [2.24, 2.45) is 0 Å². The molecule has 0 aromatic heterocycles. The highest BCUT2D eigenvalue weighted by Crippen LogP contribution is 2.18. The van der Waals surface area contributed by atoms with Crippen LogP contribution < -0.4 is 0 Å². The molecule has 0 aliphatic carbocycles. The van der Waals surface area contributed by atoms with Gasteiger partial charge in [0.2, 0.25) is 0 Å². The Bertz CT molecular complexity index is 1270. The largest absolute Gasteiger partial charge is 0.462 e. The lowest BCUT2D eigenvalue weighted by Crippen LogP contribution is -2.30. The average molecular weight is 1020 g/mol. The normalized spacial score (nSPS) is 12.3. The van der Waals surface area contributed by atoms with Gasteiger partial charge in [-0.2, -0.15) is 0 Å². The lowest BCUT2D eigenvalue weighted by molar-refractivity contribution is -0.167. The summed E-state index contributed by atoms with van der Waals surface area (Å²) in [7, 11) is 0. The number of unbranched alkanes of at least 4 members (excludes halogenated alkanes) is 40. The molecule has 0 heterocycles. The SMILES string of the molecule is CC/C=C\C/C=C\C/C=C\CCCCCCCC(=O)OCC(COC(=O)CCCCCCCCCCCCCCCCCCCCCCCCCC)OC(=O)CCCCCCC/C=C\CCCCCCCCC. The molecule has 0 spiro atoms. The summed E-state index contributed by atoms with van der Waals surface area (Å²) in [6.45, 7) is 6.56. The summed E-state index contributed by atoms with van der Waals surface area (Å²) >= 11 is 0. The smallest absolute Gasteiger partial charge is 0.306 e. The molecule has 0 aliphatic rings. The van der Waals surface area contributed by atoms with Crippen molar-refractivity contribution < 1.29 is 28.6 Å². The minimum atomic E-state index is -0.783. The van der Waals surface area contributed by atoms with Gasteiger partial charge in [0, 0.05) is 19.3 Å². The van der Waals surface area contributed by atoms with E-state index in [9.17, 15) is 14.4 Å². The van der Waals surface area contributed by atoms with Crippen molar-refractivity contribution in [3.05, 3.63) is 48.6 Å². The second kappa shape index (κ2) is 61.9. The van der Waals surface area contributed by atoms with E-state index in [4.69, 9.17) is 14.2 Å². The zero-order chi connectivity index (χ0) is 52.9. The summed E-state index contributed by atoms with van der Waals surface area (Å²) in [6.07, 6.45) is 77.0. The zero-order valence-electron chi connectivity index (χ0n) is 48.9. The van der Waals surface area contributed by atoms with Gasteiger partial charge >= 0.3 is 17.9 Å². The van der Waals surface area contributed by atoms with Crippen molar-refractivity contribution in [1.82, 2.24) is 0 Å². The van der Waals surface area contributed by atoms with Crippen molar-refractivity contribution in [3.63, 3.8) is 0 Å². The lowest BCUT2D eigenvalue weighted by atomic mass is 10.0. The van der Waals surface area contributed by atoms with Gasteiger partial charge < -0.3 is 14.2 Å². The van der Waals surface area contributed by atoms with Crippen molar-refractivity contribution in [1.29, 1.82) is 0 Å². The number of rotatable bonds is 59. The molecule has 0 fully saturated rings. The molecule has 73 heavy (non-hydrogen) atoms. The fourth-order valence-electron chi connectivity index (χ4n) is 9.51. The van der Waals surface area contributed by atoms with E-state index < -0.39 is 6.10 Å². The number of ether oxygens (including phenoxy) is 3. The van der Waals surface area contributed by atoms with Crippen LogP contribution in [-0.2, 0) is 28.6 Å². The van der Waals surface area contributed by atoms with Crippen molar-refractivity contribution >= 4 is 17.9 Å². The Balaban J connectivity index is 4.28. The molecule has 6 nitrogen and oxygen atoms in total. The van der Waals surface area contributed by atoms with Crippen LogP contribution in [0.15, 0.2) is 48.6 Å². The molecule has 0 saturated carbocycles. The van der Waals surface area contributed by atoms with E-state index in [1.165, 1.54) is 193 Å². The van der Waals surface area contributed by atoms with Gasteiger partial charge in [-0.15, -0.1) is 0 Å². The van der Waals surface area contributed by atoms with E-state index in [1.54, 1.807) is 0 Å². The molecule has 0 aromatic carbocycles. The van der Waals surface area contributed by atoms with Crippen molar-refractivity contribution in [2.45, 2.75) is 348 Å². The number of carbonyl (C=O) groups excluding carboxylic acids is 3. The Morgan fingerprint density at radius 1 is 0.288 bits per heavy atom. The van der Waals surface area contributed by atoms with Crippen LogP contribution in [0.2, 0.25) is 0 Å². The fraction of sp³-hybridized carbons (Fsp3) is 0.836. The summed E-state index contributed by atoms with van der Waals surface area (Å²) < 4.78 is 16.9. The third-order valence-corrected chi connectivity index (χ3v) is 14.3. The summed E-state index contributed by atoms with van der Waals surface area (Å²) in [4.78, 5) is 38.3. The zero-order valence-corrected chi connectivity index (χ0v) is 48.9. The summed E-state index contributed by atoms with van der Waals surface area (Å²) in [5.74, 6) is -0.885. The van der Waals surface area contributed by atoms with Crippen LogP contribution in [0.4, 0.5) is 0 Å². The van der Waals surface area contributed by atoms with E-state index in [0.717, 1.165) is 109 Å². The maximum Gasteiger partial charge on any atom is 0.306 e. The first kappa shape index (κ1) is 70.4. The first-order valence-electron chi connectivity index (χ1n) is 32.1. The maximum absolute atomic E-state index is 12.9. The number of esters is 3. The quantitative estimate of drug-likeness (QED) is 0.0261. The van der Waals surface area contributed by atoms with Crippen LogP contribution in [0, 0.1) is 0 Å². The average Bonchev–Trinajstić information content (AvgIpc) is 3.39. The minimum absolute atomic E-state index is 0.0786. The van der Waals surface area contributed by atoms with Gasteiger partial charge in [0.1, 0.15) is 13.2 Å². The van der Waals surface area contributed by atoms with E-state index >= 15 is 0 Å². The molecular weight excluding hydrogens is 901 g/mol. The first-order chi connectivity index (χ1) is 36.0. The molecule has 0 aromatic rings. The van der Waals surface area contributed by atoms with Crippen molar-refractivity contribution in [3.8, 4) is 0 Å². The van der Waals surface area contributed by atoms with Crippen LogP contribution in [0.5, 0.6) is 0 Å². The van der Waals surface area contributed by atoms with Crippen molar-refractivity contribution in [2.75, 3.05) is 13.2 Å². The summed E-state index contributed by atoms with van der Waals surface area (Å²) in [6, 6.07) is 0. The number of hydrogen-bond acceptors (Lipinski definition) is 6. The molecule has 0 aliphatic heterocycles. The predicted molar refractivity (Wildman–Crippen MR) is 316 cm³/mol. The van der Waals surface area contributed by atoms with E-state index in [2.05, 4.69) is 69.4 Å². The molecule has 0 N–H and O–H groups in total. The Kier molecular flexibility index (Phi) is 59.7. The lowest BCUT2D eigenvalue weighted by Gasteiger charge is -2.18. The third kappa shape index (κ3) is 60.1. The van der Waals surface area contributed by atoms with Crippen LogP contribution in [0.1, 0.15) is 342 Å². The molecule has 6 heteroatoms. The van der Waals surface area contributed by atoms with Crippen LogP contribution in [0.25, 0.3) is 0 Å². The fourth-order valence-corrected chi connectivity index (χ4v) is 9.51. The second-order valence-corrected chi connectivity index (χ2v) is 21.6. The molecule has 1 atom stereocenters. The predicted octanol–water partition coefficient (Wildman–Crippen LogP) is 21.8. The number of hydrogen-bond donors (Lipinski definition) is 0. The van der Waals surface area contributed by atoms with Gasteiger partial charge in [-0.25, -0.2) is 0 Å². The van der Waals surface area contributed by atoms with Gasteiger partial charge in [0.25, 0.3) is 0 Å². The van der Waals surface area contributed by atoms with E-state index in [-0.39, 0.29) is 31.1 Å². The summed E-state index contributed by atoms with van der Waals surface area (Å²) in [5.41, 5.74) is 0. The monoisotopic (exact) mass is 1020 g/mol. The van der Waals surface area contributed by atoms with Gasteiger partial charge in [0.05, 0.1) is 0 Å². The second-order valence-electron chi connectivity index (χ2n) is 21.6. The van der Waals surface area contributed by atoms with Gasteiger partial charge in [-0.3, -0.25) is 14.4 Å². The van der Waals surface area contributed by atoms with E-state index in [1.807, 2.05) is 0 Å². The summed E-state index contributed by atoms with van der Waals surface area (Å²) in [5, 5.41) is 0. The van der Waals surface area contributed by atoms with Gasteiger partial charge in [-0.05, 0) is 77.0 Å². The standard InChI is InChI=1S/C67H122O6/c1-4-7-10-13-16-19-22-25-28-30-31-32-33-34-35-36-37-40-42-45-48-51-54-57-60-66(69)72-63-64(62-71-65(68)59-56-53-50-47-44-41-38-27-24-21-18-15-12-9-6-3)73-67(70)61-58-55-52-49-46-43-39-29-26-23-20-17-14-11-8-5-2/h9,12,18,21,27,29,38-39,64H,4-8,10-11,13-17,19-20,22-26,28,30-37,40-63H2,1-3H3/b12-9-,21-18-,38-27-,39-29-. The Labute approximate surface area is 454 Å². The molecule has 426 valence electrons. The third-order valence-electron chi connectivity index (χ3n) is 14.3. The van der Waals surface area contributed by atoms with E-state index in [0.29, 0.717) is 19.3 Å². The number of carbonyl (C=O) groups is 3. The molecule has 1 unspecified atom stereocenters. The number of allylic oxidation sites excluding steroid dienone is 8. The highest BCUT2D eigenvalue weighted by molar-refractivity contribution is 5.71. The maximum atomic E-state index is 12.9. The minimum Gasteiger partial charge on any atom is -0.462 e. The van der Waals surface area contributed by atoms with Crippen LogP contribution >= 0.6 is 0 Å². The first-order valence-corrected chi connectivity index (χ1v) is 32.1. The highest BCUT2D eigenvalue weighted by Gasteiger charge is 2.19. The van der Waals surface area contributed by atoms with Crippen LogP contribution in [0.3, 0.4) is 0 Å². The van der Waals surface area contributed by atoms with Gasteiger partial charge in [-0.1, -0.05) is 294 Å². The van der Waals surface area contributed by atoms with Gasteiger partial charge in [0.15, 0.2) is 6.10 Å². The molecule has 0 saturated heterocycles. The molecule has 0 rings (SSSR count). The van der Waals surface area contributed by atoms with Crippen LogP contribution in [-0.4, -0.2) is 37.2 Å². The Morgan fingerprint density at radius 2 is 0.534 bits per heavy atom. The highest BCUT2D eigenvalue weighted by atomic mass is 16.6.